The minimum Gasteiger partial charge on any atom is -0.337 e. The number of hydrogen-bond donors (Lipinski definition) is 0. The Hall–Kier alpha value is -3.55. The maximum absolute atomic E-state index is 13.1. The lowest BCUT2D eigenvalue weighted by Crippen LogP contribution is -2.32. The molecule has 8 nitrogen and oxygen atoms in total. The van der Waals surface area contributed by atoms with Gasteiger partial charge in [-0.25, -0.2) is 15.0 Å². The number of rotatable bonds is 7. The van der Waals surface area contributed by atoms with Crippen LogP contribution in [0, 0.1) is 0 Å². The molecule has 0 N–H and O–H groups in total. The number of amides is 1. The van der Waals surface area contributed by atoms with E-state index in [1.165, 1.54) is 0 Å². The number of aryl methyl sites for hydroxylation is 1. The first-order valence-electron chi connectivity index (χ1n) is 9.62. The third-order valence-electron chi connectivity index (χ3n) is 4.79. The second-order valence-corrected chi connectivity index (χ2v) is 6.94. The van der Waals surface area contributed by atoms with Gasteiger partial charge >= 0.3 is 0 Å². The second kappa shape index (κ2) is 8.22. The van der Waals surface area contributed by atoms with Crippen LogP contribution in [0.15, 0.2) is 55.4 Å². The number of nitrogens with zero attached hydrogens (tertiary/aromatic N) is 7. The van der Waals surface area contributed by atoms with Crippen molar-refractivity contribution < 1.29 is 4.79 Å². The van der Waals surface area contributed by atoms with Crippen LogP contribution in [0.5, 0.6) is 0 Å². The van der Waals surface area contributed by atoms with Crippen LogP contribution in [-0.2, 0) is 20.1 Å². The topological polar surface area (TPSA) is 81.7 Å². The summed E-state index contributed by atoms with van der Waals surface area (Å²) >= 11 is 0. The molecule has 0 fully saturated rings. The molecule has 0 atom stereocenters. The average Bonchev–Trinajstić information content (AvgIpc) is 3.33. The fourth-order valence-corrected chi connectivity index (χ4v) is 3.27. The van der Waals surface area contributed by atoms with Gasteiger partial charge in [0.1, 0.15) is 11.3 Å². The third-order valence-corrected chi connectivity index (χ3v) is 4.79. The fraction of sp³-hybridized carbons (Fsp3) is 0.286. The summed E-state index contributed by atoms with van der Waals surface area (Å²) in [5.74, 6) is 0.781. The molecular formula is C21H23N7O. The Bertz CT molecular complexity index is 1120. The predicted molar refractivity (Wildman–Crippen MR) is 109 cm³/mol. The van der Waals surface area contributed by atoms with E-state index < -0.39 is 0 Å². The summed E-state index contributed by atoms with van der Waals surface area (Å²) in [5, 5.41) is 0. The Balaban J connectivity index is 1.58. The average molecular weight is 389 g/mol. The zero-order chi connectivity index (χ0) is 20.2. The Morgan fingerprint density at radius 2 is 2.03 bits per heavy atom. The van der Waals surface area contributed by atoms with E-state index in [0.29, 0.717) is 30.7 Å². The number of imidazole rings is 2. The Morgan fingerprint density at radius 3 is 2.76 bits per heavy atom. The Morgan fingerprint density at radius 1 is 1.14 bits per heavy atom. The highest BCUT2D eigenvalue weighted by atomic mass is 16.2. The van der Waals surface area contributed by atoms with E-state index in [1.807, 2.05) is 40.6 Å². The SMILES string of the molecule is CCCN(Cc1nccn1C)C(=O)c1cnc2c(c1)ncn2Cc1ccccn1. The molecule has 0 aliphatic carbocycles. The summed E-state index contributed by atoms with van der Waals surface area (Å²) in [6.45, 7) is 3.75. The zero-order valence-electron chi connectivity index (χ0n) is 16.6. The van der Waals surface area contributed by atoms with E-state index in [4.69, 9.17) is 0 Å². The van der Waals surface area contributed by atoms with Crippen LogP contribution < -0.4 is 0 Å². The van der Waals surface area contributed by atoms with Crippen molar-refractivity contribution in [3.05, 3.63) is 72.5 Å². The molecule has 0 aromatic carbocycles. The van der Waals surface area contributed by atoms with E-state index in [1.54, 1.807) is 35.9 Å². The van der Waals surface area contributed by atoms with Crippen LogP contribution in [0.1, 0.15) is 35.2 Å². The molecule has 4 aromatic rings. The van der Waals surface area contributed by atoms with E-state index in [0.717, 1.165) is 23.6 Å². The minimum absolute atomic E-state index is 0.0662. The summed E-state index contributed by atoms with van der Waals surface area (Å²) in [6, 6.07) is 7.61. The molecule has 0 radical (unpaired) electrons. The van der Waals surface area contributed by atoms with Crippen molar-refractivity contribution in [3.63, 3.8) is 0 Å². The van der Waals surface area contributed by atoms with Gasteiger partial charge in [-0.05, 0) is 24.6 Å². The third kappa shape index (κ3) is 4.01. The molecule has 4 heterocycles. The highest BCUT2D eigenvalue weighted by molar-refractivity contribution is 5.96. The Kier molecular flexibility index (Phi) is 5.33. The van der Waals surface area contributed by atoms with Crippen molar-refractivity contribution in [3.8, 4) is 0 Å². The molecule has 8 heteroatoms. The van der Waals surface area contributed by atoms with Crippen molar-refractivity contribution in [2.45, 2.75) is 26.4 Å². The van der Waals surface area contributed by atoms with Gasteiger partial charge in [0, 0.05) is 38.4 Å². The number of carbonyl (C=O) groups is 1. The van der Waals surface area contributed by atoms with Gasteiger partial charge in [0.05, 0.1) is 30.7 Å². The van der Waals surface area contributed by atoms with Crippen molar-refractivity contribution in [2.75, 3.05) is 6.54 Å². The number of carbonyl (C=O) groups excluding carboxylic acids is 1. The first-order chi connectivity index (χ1) is 14.2. The van der Waals surface area contributed by atoms with Gasteiger partial charge in [0.2, 0.25) is 0 Å². The summed E-state index contributed by atoms with van der Waals surface area (Å²) < 4.78 is 3.86. The van der Waals surface area contributed by atoms with Crippen LogP contribution in [0.25, 0.3) is 11.2 Å². The van der Waals surface area contributed by atoms with E-state index in [-0.39, 0.29) is 5.91 Å². The highest BCUT2D eigenvalue weighted by Gasteiger charge is 2.19. The molecular weight excluding hydrogens is 366 g/mol. The molecule has 0 spiro atoms. The molecule has 0 aliphatic heterocycles. The summed E-state index contributed by atoms with van der Waals surface area (Å²) in [6.07, 6.45) is 9.62. The van der Waals surface area contributed by atoms with Crippen molar-refractivity contribution >= 4 is 17.1 Å². The van der Waals surface area contributed by atoms with Gasteiger partial charge in [0.25, 0.3) is 5.91 Å². The van der Waals surface area contributed by atoms with Crippen LogP contribution in [0.3, 0.4) is 0 Å². The number of fused-ring (bicyclic) bond motifs is 1. The second-order valence-electron chi connectivity index (χ2n) is 6.94. The molecule has 4 aromatic heterocycles. The van der Waals surface area contributed by atoms with Crippen LogP contribution in [-0.4, -0.2) is 46.4 Å². The maximum Gasteiger partial charge on any atom is 0.255 e. The lowest BCUT2D eigenvalue weighted by Gasteiger charge is -2.21. The van der Waals surface area contributed by atoms with Gasteiger partial charge in [-0.3, -0.25) is 9.78 Å². The monoisotopic (exact) mass is 389 g/mol. The predicted octanol–water partition coefficient (Wildman–Crippen LogP) is 2.66. The number of hydrogen-bond acceptors (Lipinski definition) is 5. The van der Waals surface area contributed by atoms with E-state index >= 15 is 0 Å². The van der Waals surface area contributed by atoms with Crippen molar-refractivity contribution in [2.24, 2.45) is 7.05 Å². The smallest absolute Gasteiger partial charge is 0.255 e. The van der Waals surface area contributed by atoms with Crippen LogP contribution >= 0.6 is 0 Å². The molecule has 0 aliphatic rings. The summed E-state index contributed by atoms with van der Waals surface area (Å²) in [4.78, 5) is 32.6. The molecule has 0 saturated heterocycles. The van der Waals surface area contributed by atoms with Gasteiger partial charge in [-0.15, -0.1) is 0 Å². The first-order valence-corrected chi connectivity index (χ1v) is 9.62. The zero-order valence-corrected chi connectivity index (χ0v) is 16.6. The van der Waals surface area contributed by atoms with Gasteiger partial charge in [-0.1, -0.05) is 13.0 Å². The molecule has 0 unspecified atom stereocenters. The molecule has 148 valence electrons. The van der Waals surface area contributed by atoms with Crippen molar-refractivity contribution in [1.82, 2.24) is 34.0 Å². The maximum atomic E-state index is 13.1. The number of aromatic nitrogens is 6. The molecule has 4 rings (SSSR count). The quantitative estimate of drug-likeness (QED) is 0.485. The number of pyridine rings is 2. The van der Waals surface area contributed by atoms with Gasteiger partial charge in [0.15, 0.2) is 5.65 Å². The van der Waals surface area contributed by atoms with E-state index in [9.17, 15) is 4.79 Å². The minimum atomic E-state index is -0.0662. The molecule has 0 saturated carbocycles. The largest absolute Gasteiger partial charge is 0.337 e. The van der Waals surface area contributed by atoms with Gasteiger partial charge in [-0.2, -0.15) is 0 Å². The highest BCUT2D eigenvalue weighted by Crippen LogP contribution is 2.16. The van der Waals surface area contributed by atoms with Gasteiger partial charge < -0.3 is 14.0 Å². The van der Waals surface area contributed by atoms with Crippen LogP contribution in [0.2, 0.25) is 0 Å². The lowest BCUT2D eigenvalue weighted by molar-refractivity contribution is 0.0737. The normalized spacial score (nSPS) is 11.1. The molecule has 29 heavy (non-hydrogen) atoms. The molecule has 0 bridgehead atoms. The lowest BCUT2D eigenvalue weighted by atomic mass is 10.2. The van der Waals surface area contributed by atoms with E-state index in [2.05, 4.69) is 26.9 Å². The van der Waals surface area contributed by atoms with Crippen LogP contribution in [0.4, 0.5) is 0 Å². The summed E-state index contributed by atoms with van der Waals surface area (Å²) in [5.41, 5.74) is 2.89. The van der Waals surface area contributed by atoms with Crippen molar-refractivity contribution in [1.29, 1.82) is 0 Å². The molecule has 1 amide bonds. The fourth-order valence-electron chi connectivity index (χ4n) is 3.27. The first kappa shape index (κ1) is 18.8. The Labute approximate surface area is 168 Å². The standard InChI is InChI=1S/C21H23N7O/c1-3-9-27(14-19-23-8-10-26(19)2)21(29)16-11-18-20(24-12-16)28(15-25-18)13-17-6-4-5-7-22-17/h4-8,10-12,15H,3,9,13-14H2,1-2H3. The summed E-state index contributed by atoms with van der Waals surface area (Å²) in [7, 11) is 1.93.